The van der Waals surface area contributed by atoms with E-state index in [1.54, 1.807) is 6.07 Å². The molecule has 1 unspecified atom stereocenters. The lowest BCUT2D eigenvalue weighted by molar-refractivity contribution is 0.0953. The summed E-state index contributed by atoms with van der Waals surface area (Å²) >= 11 is 6.18. The van der Waals surface area contributed by atoms with E-state index in [2.05, 4.69) is 5.32 Å². The van der Waals surface area contributed by atoms with Crippen LogP contribution in [0, 0.1) is 5.82 Å². The molecule has 0 spiro atoms. The molecule has 4 heteroatoms. The molecule has 98 valence electrons. The first-order valence-corrected chi connectivity index (χ1v) is 6.33. The van der Waals surface area contributed by atoms with E-state index in [4.69, 9.17) is 11.6 Å². The second-order valence-electron chi connectivity index (χ2n) is 4.10. The lowest BCUT2D eigenvalue weighted by atomic mass is 10.1. The highest BCUT2D eigenvalue weighted by Crippen LogP contribution is 2.18. The number of nitrogens with one attached hydrogen (secondary N) is 1. The SMILES string of the molecule is O=C(NCC(Cl)c1ccccc1)c1cccc(F)c1. The highest BCUT2D eigenvalue weighted by Gasteiger charge is 2.11. The molecule has 1 atom stereocenters. The van der Waals surface area contributed by atoms with Crippen LogP contribution in [-0.4, -0.2) is 12.5 Å². The van der Waals surface area contributed by atoms with Crippen LogP contribution in [0.2, 0.25) is 0 Å². The van der Waals surface area contributed by atoms with Gasteiger partial charge in [0.15, 0.2) is 0 Å². The first-order chi connectivity index (χ1) is 9.16. The van der Waals surface area contributed by atoms with Crippen molar-refractivity contribution in [1.82, 2.24) is 5.32 Å². The summed E-state index contributed by atoms with van der Waals surface area (Å²) in [6.07, 6.45) is 0. The summed E-state index contributed by atoms with van der Waals surface area (Å²) in [5, 5.41) is 2.38. The Morgan fingerprint density at radius 3 is 2.58 bits per heavy atom. The number of benzene rings is 2. The molecule has 0 aromatic heterocycles. The zero-order chi connectivity index (χ0) is 13.7. The van der Waals surface area contributed by atoms with Gasteiger partial charge in [-0.1, -0.05) is 36.4 Å². The van der Waals surface area contributed by atoms with Crippen LogP contribution in [0.1, 0.15) is 21.3 Å². The fourth-order valence-electron chi connectivity index (χ4n) is 1.69. The Morgan fingerprint density at radius 1 is 1.16 bits per heavy atom. The van der Waals surface area contributed by atoms with Gasteiger partial charge in [-0.25, -0.2) is 4.39 Å². The average molecular weight is 278 g/mol. The number of amides is 1. The Labute approximate surface area is 116 Å². The molecule has 1 amide bonds. The zero-order valence-corrected chi connectivity index (χ0v) is 10.9. The Balaban J connectivity index is 1.94. The van der Waals surface area contributed by atoms with E-state index in [9.17, 15) is 9.18 Å². The molecular formula is C15H13ClFNO. The van der Waals surface area contributed by atoms with Crippen molar-refractivity contribution in [3.05, 3.63) is 71.5 Å². The van der Waals surface area contributed by atoms with Crippen molar-refractivity contribution in [3.63, 3.8) is 0 Å². The van der Waals surface area contributed by atoms with E-state index in [0.29, 0.717) is 6.54 Å². The van der Waals surface area contributed by atoms with Crippen molar-refractivity contribution < 1.29 is 9.18 Å². The van der Waals surface area contributed by atoms with Gasteiger partial charge in [0.2, 0.25) is 0 Å². The third-order valence-electron chi connectivity index (χ3n) is 2.69. The molecular weight excluding hydrogens is 265 g/mol. The third kappa shape index (κ3) is 3.80. The van der Waals surface area contributed by atoms with Crippen LogP contribution in [0.3, 0.4) is 0 Å². The molecule has 1 N–H and O–H groups in total. The van der Waals surface area contributed by atoms with Gasteiger partial charge < -0.3 is 5.32 Å². The van der Waals surface area contributed by atoms with Gasteiger partial charge in [0.05, 0.1) is 5.38 Å². The predicted octanol–water partition coefficient (Wildman–Crippen LogP) is 3.54. The fourth-order valence-corrected chi connectivity index (χ4v) is 1.92. The molecule has 0 aliphatic heterocycles. The standard InChI is InChI=1S/C15H13ClFNO/c16-14(11-5-2-1-3-6-11)10-18-15(19)12-7-4-8-13(17)9-12/h1-9,14H,10H2,(H,18,19). The van der Waals surface area contributed by atoms with Gasteiger partial charge >= 0.3 is 0 Å². The van der Waals surface area contributed by atoms with Crippen LogP contribution in [0.25, 0.3) is 0 Å². The predicted molar refractivity (Wildman–Crippen MR) is 73.8 cm³/mol. The second kappa shape index (κ2) is 6.34. The van der Waals surface area contributed by atoms with Gasteiger partial charge in [0.1, 0.15) is 5.82 Å². The summed E-state index contributed by atoms with van der Waals surface area (Å²) in [7, 11) is 0. The number of hydrogen-bond acceptors (Lipinski definition) is 1. The molecule has 0 heterocycles. The smallest absolute Gasteiger partial charge is 0.251 e. The Morgan fingerprint density at radius 2 is 1.89 bits per heavy atom. The van der Waals surface area contributed by atoms with Crippen molar-refractivity contribution in [2.75, 3.05) is 6.54 Å². The largest absolute Gasteiger partial charge is 0.350 e. The van der Waals surface area contributed by atoms with Crippen LogP contribution in [0.5, 0.6) is 0 Å². The first kappa shape index (κ1) is 13.6. The Kier molecular flexibility index (Phi) is 4.53. The lowest BCUT2D eigenvalue weighted by Gasteiger charge is -2.11. The number of carbonyl (C=O) groups is 1. The number of halogens is 2. The molecule has 0 bridgehead atoms. The quantitative estimate of drug-likeness (QED) is 0.851. The minimum absolute atomic E-state index is 0.289. The summed E-state index contributed by atoms with van der Waals surface area (Å²) in [5.41, 5.74) is 1.22. The highest BCUT2D eigenvalue weighted by molar-refractivity contribution is 6.21. The Bertz CT molecular complexity index is 559. The molecule has 0 fully saturated rings. The van der Waals surface area contributed by atoms with Crippen LogP contribution in [0.15, 0.2) is 54.6 Å². The fraction of sp³-hybridized carbons (Fsp3) is 0.133. The molecule has 2 nitrogen and oxygen atoms in total. The maximum Gasteiger partial charge on any atom is 0.251 e. The second-order valence-corrected chi connectivity index (χ2v) is 4.63. The van der Waals surface area contributed by atoms with Gasteiger partial charge in [-0.15, -0.1) is 11.6 Å². The van der Waals surface area contributed by atoms with Crippen molar-refractivity contribution in [2.45, 2.75) is 5.38 Å². The monoisotopic (exact) mass is 277 g/mol. The molecule has 0 aliphatic rings. The molecule has 2 rings (SSSR count). The van der Waals surface area contributed by atoms with Crippen LogP contribution in [-0.2, 0) is 0 Å². The average Bonchev–Trinajstić information content (AvgIpc) is 2.45. The molecule has 2 aromatic carbocycles. The van der Waals surface area contributed by atoms with Crippen LogP contribution in [0.4, 0.5) is 4.39 Å². The number of alkyl halides is 1. The van der Waals surface area contributed by atoms with E-state index < -0.39 is 5.82 Å². The summed E-state index contributed by atoms with van der Waals surface area (Å²) in [4.78, 5) is 11.8. The zero-order valence-electron chi connectivity index (χ0n) is 10.1. The number of hydrogen-bond donors (Lipinski definition) is 1. The maximum absolute atomic E-state index is 13.0. The molecule has 0 saturated heterocycles. The Hall–Kier alpha value is -1.87. The molecule has 2 aromatic rings. The molecule has 19 heavy (non-hydrogen) atoms. The summed E-state index contributed by atoms with van der Waals surface area (Å²) < 4.78 is 13.0. The van der Waals surface area contributed by atoms with E-state index in [1.807, 2.05) is 30.3 Å². The van der Waals surface area contributed by atoms with E-state index in [0.717, 1.165) is 5.56 Å². The summed E-state index contributed by atoms with van der Waals surface area (Å²) in [6, 6.07) is 15.0. The first-order valence-electron chi connectivity index (χ1n) is 5.89. The van der Waals surface area contributed by atoms with Crippen molar-refractivity contribution in [2.24, 2.45) is 0 Å². The van der Waals surface area contributed by atoms with E-state index in [1.165, 1.54) is 18.2 Å². The van der Waals surface area contributed by atoms with Crippen LogP contribution < -0.4 is 5.32 Å². The molecule has 0 saturated carbocycles. The van der Waals surface area contributed by atoms with E-state index in [-0.39, 0.29) is 16.8 Å². The normalized spacial score (nSPS) is 11.9. The van der Waals surface area contributed by atoms with Crippen molar-refractivity contribution >= 4 is 17.5 Å². The molecule has 0 radical (unpaired) electrons. The van der Waals surface area contributed by atoms with Gasteiger partial charge in [0, 0.05) is 12.1 Å². The molecule has 0 aliphatic carbocycles. The van der Waals surface area contributed by atoms with Gasteiger partial charge in [-0.05, 0) is 23.8 Å². The summed E-state index contributed by atoms with van der Waals surface area (Å²) in [6.45, 7) is 0.293. The van der Waals surface area contributed by atoms with Crippen molar-refractivity contribution in [3.8, 4) is 0 Å². The van der Waals surface area contributed by atoms with Gasteiger partial charge in [0.25, 0.3) is 5.91 Å². The number of rotatable bonds is 4. The van der Waals surface area contributed by atoms with Crippen LogP contribution >= 0.6 is 11.6 Å². The lowest BCUT2D eigenvalue weighted by Crippen LogP contribution is -2.26. The minimum atomic E-state index is -0.432. The third-order valence-corrected chi connectivity index (χ3v) is 3.10. The highest BCUT2D eigenvalue weighted by atomic mass is 35.5. The maximum atomic E-state index is 13.0. The van der Waals surface area contributed by atoms with E-state index >= 15 is 0 Å². The minimum Gasteiger partial charge on any atom is -0.350 e. The number of carbonyl (C=O) groups excluding carboxylic acids is 1. The van der Waals surface area contributed by atoms with Crippen molar-refractivity contribution in [1.29, 1.82) is 0 Å². The van der Waals surface area contributed by atoms with Gasteiger partial charge in [-0.3, -0.25) is 4.79 Å². The van der Waals surface area contributed by atoms with Gasteiger partial charge in [-0.2, -0.15) is 0 Å². The summed E-state index contributed by atoms with van der Waals surface area (Å²) in [5.74, 6) is -0.765. The topological polar surface area (TPSA) is 29.1 Å².